The van der Waals surface area contributed by atoms with Crippen molar-refractivity contribution < 1.29 is 16.8 Å². The maximum atomic E-state index is 12.4. The molecule has 2 N–H and O–H groups in total. The van der Waals surface area contributed by atoms with E-state index in [9.17, 15) is 16.8 Å². The molecule has 6 nitrogen and oxygen atoms in total. The molecule has 0 saturated heterocycles. The van der Waals surface area contributed by atoms with Crippen molar-refractivity contribution in [1.29, 1.82) is 0 Å². The first-order valence-electron chi connectivity index (χ1n) is 7.48. The zero-order valence-corrected chi connectivity index (χ0v) is 14.7. The van der Waals surface area contributed by atoms with E-state index in [4.69, 9.17) is 0 Å². The molecule has 8 heteroatoms. The van der Waals surface area contributed by atoms with Gasteiger partial charge in [-0.3, -0.25) is 4.72 Å². The van der Waals surface area contributed by atoms with Gasteiger partial charge < -0.3 is 0 Å². The molecule has 24 heavy (non-hydrogen) atoms. The maximum absolute atomic E-state index is 12.4. The van der Waals surface area contributed by atoms with Crippen LogP contribution in [0.4, 0.5) is 5.69 Å². The van der Waals surface area contributed by atoms with Gasteiger partial charge in [-0.1, -0.05) is 17.7 Å². The summed E-state index contributed by atoms with van der Waals surface area (Å²) in [6.07, 6.45) is 1.68. The molecule has 1 aliphatic carbocycles. The lowest BCUT2D eigenvalue weighted by molar-refractivity contribution is 0.580. The molecule has 0 heterocycles. The molecule has 1 saturated carbocycles. The lowest BCUT2D eigenvalue weighted by atomic mass is 10.2. The molecule has 0 bridgehead atoms. The Morgan fingerprint density at radius 1 is 0.792 bits per heavy atom. The Balaban J connectivity index is 1.80. The lowest BCUT2D eigenvalue weighted by Gasteiger charge is -2.10. The molecule has 1 aliphatic rings. The second-order valence-electron chi connectivity index (χ2n) is 5.84. The van der Waals surface area contributed by atoms with Crippen LogP contribution in [0.5, 0.6) is 0 Å². The smallest absolute Gasteiger partial charge is 0.261 e. The van der Waals surface area contributed by atoms with E-state index in [1.807, 2.05) is 6.92 Å². The van der Waals surface area contributed by atoms with E-state index in [0.717, 1.165) is 18.4 Å². The summed E-state index contributed by atoms with van der Waals surface area (Å²) in [5, 5.41) is 0. The minimum absolute atomic E-state index is 0.00149. The summed E-state index contributed by atoms with van der Waals surface area (Å²) in [5.74, 6) is 0. The minimum atomic E-state index is -3.76. The Morgan fingerprint density at radius 2 is 1.29 bits per heavy atom. The van der Waals surface area contributed by atoms with Crippen molar-refractivity contribution in [2.45, 2.75) is 35.6 Å². The molecule has 0 aromatic heterocycles. The average Bonchev–Trinajstić information content (AvgIpc) is 3.33. The number of sulfonamides is 2. The highest BCUT2D eigenvalue weighted by molar-refractivity contribution is 7.92. The molecule has 1 fully saturated rings. The number of nitrogens with one attached hydrogen (secondary N) is 2. The third-order valence-electron chi connectivity index (χ3n) is 3.65. The molecule has 2 aromatic rings. The van der Waals surface area contributed by atoms with Gasteiger partial charge in [0.1, 0.15) is 0 Å². The minimum Gasteiger partial charge on any atom is -0.280 e. The van der Waals surface area contributed by atoms with E-state index >= 15 is 0 Å². The van der Waals surface area contributed by atoms with E-state index in [1.165, 1.54) is 24.3 Å². The van der Waals surface area contributed by atoms with Crippen molar-refractivity contribution in [3.05, 3.63) is 54.1 Å². The largest absolute Gasteiger partial charge is 0.280 e. The van der Waals surface area contributed by atoms with Crippen LogP contribution in [0.15, 0.2) is 58.3 Å². The zero-order chi connectivity index (χ0) is 17.4. The van der Waals surface area contributed by atoms with Crippen LogP contribution in [0, 0.1) is 6.92 Å². The summed E-state index contributed by atoms with van der Waals surface area (Å²) in [6, 6.07) is 12.1. The first-order chi connectivity index (χ1) is 11.3. The summed E-state index contributed by atoms with van der Waals surface area (Å²) >= 11 is 0. The SMILES string of the molecule is Cc1ccc(NS(=O)(=O)c2ccc(S(=O)(=O)NC3CC3)cc2)cc1. The van der Waals surface area contributed by atoms with Gasteiger partial charge in [0.2, 0.25) is 10.0 Å². The third-order valence-corrected chi connectivity index (χ3v) is 6.58. The highest BCUT2D eigenvalue weighted by atomic mass is 32.2. The summed E-state index contributed by atoms with van der Waals surface area (Å²) in [7, 11) is -7.35. The van der Waals surface area contributed by atoms with Crippen molar-refractivity contribution in [3.8, 4) is 0 Å². The molecule has 0 spiro atoms. The monoisotopic (exact) mass is 366 g/mol. The van der Waals surface area contributed by atoms with Gasteiger partial charge in [-0.2, -0.15) is 0 Å². The van der Waals surface area contributed by atoms with Crippen molar-refractivity contribution in [2.75, 3.05) is 4.72 Å². The fraction of sp³-hybridized carbons (Fsp3) is 0.250. The Bertz CT molecular complexity index is 931. The van der Waals surface area contributed by atoms with Gasteiger partial charge in [0, 0.05) is 11.7 Å². The first-order valence-corrected chi connectivity index (χ1v) is 10.4. The Hall–Kier alpha value is -1.90. The molecular formula is C16H18N2O4S2. The van der Waals surface area contributed by atoms with Crippen LogP contribution in [0.1, 0.15) is 18.4 Å². The summed E-state index contributed by atoms with van der Waals surface area (Å²) in [5.41, 5.74) is 1.48. The predicted molar refractivity (Wildman–Crippen MR) is 91.8 cm³/mol. The number of benzene rings is 2. The van der Waals surface area contributed by atoms with E-state index in [-0.39, 0.29) is 15.8 Å². The van der Waals surface area contributed by atoms with Gasteiger partial charge in [0.25, 0.3) is 10.0 Å². The predicted octanol–water partition coefficient (Wildman–Crippen LogP) is 2.24. The number of aryl methyl sites for hydroxylation is 1. The third kappa shape index (κ3) is 3.95. The number of anilines is 1. The number of hydrogen-bond donors (Lipinski definition) is 2. The van der Waals surface area contributed by atoms with E-state index in [0.29, 0.717) is 5.69 Å². The van der Waals surface area contributed by atoms with E-state index in [1.54, 1.807) is 24.3 Å². The molecule has 0 unspecified atom stereocenters. The van der Waals surface area contributed by atoms with Gasteiger partial charge in [-0.05, 0) is 56.2 Å². The average molecular weight is 366 g/mol. The normalized spacial score (nSPS) is 15.2. The highest BCUT2D eigenvalue weighted by Crippen LogP contribution is 2.23. The van der Waals surface area contributed by atoms with E-state index < -0.39 is 20.0 Å². The van der Waals surface area contributed by atoms with Gasteiger partial charge in [0.05, 0.1) is 9.79 Å². The Kier molecular flexibility index (Phi) is 4.37. The molecule has 3 rings (SSSR count). The quantitative estimate of drug-likeness (QED) is 0.820. The molecule has 0 aliphatic heterocycles. The first kappa shape index (κ1) is 16.9. The van der Waals surface area contributed by atoms with Crippen LogP contribution >= 0.6 is 0 Å². The molecule has 2 aromatic carbocycles. The van der Waals surface area contributed by atoms with Crippen LogP contribution in [-0.4, -0.2) is 22.9 Å². The van der Waals surface area contributed by atoms with Crippen molar-refractivity contribution in [1.82, 2.24) is 4.72 Å². The Morgan fingerprint density at radius 3 is 1.79 bits per heavy atom. The van der Waals surface area contributed by atoms with Crippen molar-refractivity contribution >= 4 is 25.7 Å². The van der Waals surface area contributed by atoms with Crippen LogP contribution < -0.4 is 9.44 Å². The number of hydrogen-bond acceptors (Lipinski definition) is 4. The molecule has 128 valence electrons. The summed E-state index contributed by atoms with van der Waals surface area (Å²) in [6.45, 7) is 1.91. The second-order valence-corrected chi connectivity index (χ2v) is 9.23. The molecule has 0 amide bonds. The number of rotatable bonds is 6. The van der Waals surface area contributed by atoms with Crippen LogP contribution in [0.3, 0.4) is 0 Å². The highest BCUT2D eigenvalue weighted by Gasteiger charge is 2.28. The van der Waals surface area contributed by atoms with Crippen LogP contribution in [0.25, 0.3) is 0 Å². The molecular weight excluding hydrogens is 348 g/mol. The maximum Gasteiger partial charge on any atom is 0.261 e. The van der Waals surface area contributed by atoms with Crippen molar-refractivity contribution in [3.63, 3.8) is 0 Å². The van der Waals surface area contributed by atoms with Crippen LogP contribution in [-0.2, 0) is 20.0 Å². The van der Waals surface area contributed by atoms with Crippen LogP contribution in [0.2, 0.25) is 0 Å². The standard InChI is InChI=1S/C16H18N2O4S2/c1-12-2-4-13(5-3-12)17-23(19,20)15-8-10-16(11-9-15)24(21,22)18-14-6-7-14/h2-5,8-11,14,17-18H,6-7H2,1H3. The fourth-order valence-electron chi connectivity index (χ4n) is 2.12. The zero-order valence-electron chi connectivity index (χ0n) is 13.1. The fourth-order valence-corrected chi connectivity index (χ4v) is 4.49. The van der Waals surface area contributed by atoms with Gasteiger partial charge >= 0.3 is 0 Å². The molecule has 0 radical (unpaired) electrons. The van der Waals surface area contributed by atoms with Crippen molar-refractivity contribution in [2.24, 2.45) is 0 Å². The van der Waals surface area contributed by atoms with Gasteiger partial charge in [-0.15, -0.1) is 0 Å². The second kappa shape index (κ2) is 6.19. The Labute approximate surface area is 142 Å². The summed E-state index contributed by atoms with van der Waals surface area (Å²) < 4.78 is 53.9. The van der Waals surface area contributed by atoms with Gasteiger partial charge in [-0.25, -0.2) is 21.6 Å². The van der Waals surface area contributed by atoms with Gasteiger partial charge in [0.15, 0.2) is 0 Å². The lowest BCUT2D eigenvalue weighted by Crippen LogP contribution is -2.25. The topological polar surface area (TPSA) is 92.3 Å². The van der Waals surface area contributed by atoms with E-state index in [2.05, 4.69) is 9.44 Å². The summed E-state index contributed by atoms with van der Waals surface area (Å²) in [4.78, 5) is 0.0668. The molecule has 0 atom stereocenters.